The Morgan fingerprint density at radius 3 is 2.81 bits per heavy atom. The van der Waals surface area contributed by atoms with Crippen LogP contribution < -0.4 is 10.5 Å². The maximum atomic E-state index is 12.5. The molecule has 0 saturated carbocycles. The van der Waals surface area contributed by atoms with Crippen LogP contribution in [0, 0.1) is 6.92 Å². The van der Waals surface area contributed by atoms with E-state index in [2.05, 4.69) is 0 Å². The van der Waals surface area contributed by atoms with Crippen molar-refractivity contribution in [1.82, 2.24) is 4.90 Å². The van der Waals surface area contributed by atoms with Crippen LogP contribution in [0.25, 0.3) is 0 Å². The number of halogens is 3. The van der Waals surface area contributed by atoms with E-state index < -0.39 is 18.2 Å². The van der Waals surface area contributed by atoms with E-state index >= 15 is 0 Å². The molecule has 1 aromatic carbocycles. The molecule has 0 aliphatic carbocycles. The topological polar surface area (TPSA) is 55.6 Å². The van der Waals surface area contributed by atoms with Crippen molar-refractivity contribution in [3.63, 3.8) is 0 Å². The summed E-state index contributed by atoms with van der Waals surface area (Å²) in [6.07, 6.45) is -4.26. The molecule has 116 valence electrons. The molecule has 1 fully saturated rings. The van der Waals surface area contributed by atoms with Crippen LogP contribution in [0.2, 0.25) is 0 Å². The molecule has 1 aliphatic rings. The van der Waals surface area contributed by atoms with E-state index in [0.29, 0.717) is 24.3 Å². The number of aryl methyl sites for hydroxylation is 1. The van der Waals surface area contributed by atoms with Crippen LogP contribution in [-0.4, -0.2) is 36.2 Å². The zero-order valence-corrected chi connectivity index (χ0v) is 11.6. The fraction of sp³-hybridized carbons (Fsp3) is 0.500. The molecule has 1 heterocycles. The van der Waals surface area contributed by atoms with Crippen LogP contribution in [0.5, 0.6) is 5.75 Å². The maximum Gasteiger partial charge on any atom is 0.471 e. The Bertz CT molecular complexity index is 531. The number of alkyl halides is 3. The van der Waals surface area contributed by atoms with Crippen molar-refractivity contribution in [3.05, 3.63) is 23.8 Å². The number of hydrogen-bond donors (Lipinski definition) is 1. The number of nitrogen functional groups attached to an aromatic ring is 1. The first-order valence-electron chi connectivity index (χ1n) is 6.66. The molecule has 0 aromatic heterocycles. The van der Waals surface area contributed by atoms with Gasteiger partial charge in [-0.15, -0.1) is 0 Å². The zero-order valence-electron chi connectivity index (χ0n) is 11.6. The van der Waals surface area contributed by atoms with E-state index in [1.54, 1.807) is 12.1 Å². The van der Waals surface area contributed by atoms with Gasteiger partial charge in [-0.25, -0.2) is 0 Å². The number of likely N-dealkylation sites (tertiary alicyclic amines) is 1. The summed E-state index contributed by atoms with van der Waals surface area (Å²) in [6, 6.07) is 5.24. The zero-order chi connectivity index (χ0) is 15.6. The van der Waals surface area contributed by atoms with Crippen LogP contribution >= 0.6 is 0 Å². The normalized spacial score (nSPS) is 19.4. The van der Waals surface area contributed by atoms with Gasteiger partial charge in [-0.3, -0.25) is 4.79 Å². The fourth-order valence-corrected chi connectivity index (χ4v) is 2.32. The minimum Gasteiger partial charge on any atom is -0.486 e. The summed E-state index contributed by atoms with van der Waals surface area (Å²) in [4.78, 5) is 12.1. The van der Waals surface area contributed by atoms with Gasteiger partial charge in [-0.2, -0.15) is 13.2 Å². The standard InChI is InChI=1S/C14H17F3N2O2/c1-9-4-5-11(18)12(7-9)21-10-3-2-6-19(8-10)13(20)14(15,16)17/h4-5,7,10H,2-3,6,8,18H2,1H3/t10-/m0/s1. The molecule has 1 saturated heterocycles. The third-order valence-corrected chi connectivity index (χ3v) is 3.37. The number of benzene rings is 1. The molecule has 1 aliphatic heterocycles. The lowest BCUT2D eigenvalue weighted by atomic mass is 10.1. The molecular weight excluding hydrogens is 285 g/mol. The van der Waals surface area contributed by atoms with Crippen LogP contribution in [0.1, 0.15) is 18.4 Å². The Morgan fingerprint density at radius 2 is 2.14 bits per heavy atom. The first kappa shape index (κ1) is 15.5. The van der Waals surface area contributed by atoms with E-state index in [1.165, 1.54) is 0 Å². The van der Waals surface area contributed by atoms with Gasteiger partial charge in [-0.1, -0.05) is 6.07 Å². The second kappa shape index (κ2) is 5.83. The Kier molecular flexibility index (Phi) is 4.29. The maximum absolute atomic E-state index is 12.5. The SMILES string of the molecule is Cc1ccc(N)c(O[C@H]2CCCN(C(=O)C(F)(F)F)C2)c1. The molecule has 0 unspecified atom stereocenters. The third kappa shape index (κ3) is 3.80. The molecule has 0 bridgehead atoms. The Labute approximate surface area is 120 Å². The summed E-state index contributed by atoms with van der Waals surface area (Å²) in [7, 11) is 0. The number of nitrogens with zero attached hydrogens (tertiary/aromatic N) is 1. The first-order chi connectivity index (χ1) is 9.77. The van der Waals surface area contributed by atoms with Crippen LogP contribution in [-0.2, 0) is 4.79 Å². The van der Waals surface area contributed by atoms with Gasteiger partial charge < -0.3 is 15.4 Å². The molecule has 21 heavy (non-hydrogen) atoms. The van der Waals surface area contributed by atoms with Gasteiger partial charge in [0.05, 0.1) is 12.2 Å². The number of nitrogens with two attached hydrogens (primary N) is 1. The molecule has 2 N–H and O–H groups in total. The van der Waals surface area contributed by atoms with E-state index in [4.69, 9.17) is 10.5 Å². The molecule has 7 heteroatoms. The molecular formula is C14H17F3N2O2. The number of carbonyl (C=O) groups excluding carboxylic acids is 1. The van der Waals surface area contributed by atoms with Gasteiger partial charge in [0, 0.05) is 6.54 Å². The summed E-state index contributed by atoms with van der Waals surface area (Å²) < 4.78 is 43.0. The monoisotopic (exact) mass is 302 g/mol. The Hall–Kier alpha value is -1.92. The minimum atomic E-state index is -4.84. The van der Waals surface area contributed by atoms with Crippen LogP contribution in [0.4, 0.5) is 18.9 Å². The highest BCUT2D eigenvalue weighted by Gasteiger charge is 2.43. The van der Waals surface area contributed by atoms with Gasteiger partial charge >= 0.3 is 12.1 Å². The van der Waals surface area contributed by atoms with Crippen molar-refractivity contribution in [2.24, 2.45) is 0 Å². The van der Waals surface area contributed by atoms with Crippen LogP contribution in [0.3, 0.4) is 0 Å². The first-order valence-corrected chi connectivity index (χ1v) is 6.66. The third-order valence-electron chi connectivity index (χ3n) is 3.37. The number of carbonyl (C=O) groups is 1. The average Bonchev–Trinajstić information content (AvgIpc) is 2.41. The summed E-state index contributed by atoms with van der Waals surface area (Å²) in [5, 5.41) is 0. The smallest absolute Gasteiger partial charge is 0.471 e. The second-order valence-corrected chi connectivity index (χ2v) is 5.17. The number of hydrogen-bond acceptors (Lipinski definition) is 3. The molecule has 1 aromatic rings. The van der Waals surface area contributed by atoms with Crippen molar-refractivity contribution in [3.8, 4) is 5.75 Å². The second-order valence-electron chi connectivity index (χ2n) is 5.17. The lowest BCUT2D eigenvalue weighted by Gasteiger charge is -2.33. The lowest BCUT2D eigenvalue weighted by Crippen LogP contribution is -2.49. The fourth-order valence-electron chi connectivity index (χ4n) is 2.32. The van der Waals surface area contributed by atoms with Crippen molar-refractivity contribution in [2.45, 2.75) is 32.0 Å². The average molecular weight is 302 g/mol. The molecule has 2 rings (SSSR count). The minimum absolute atomic E-state index is 0.0777. The van der Waals surface area contributed by atoms with E-state index in [9.17, 15) is 18.0 Å². The van der Waals surface area contributed by atoms with Gasteiger partial charge in [0.15, 0.2) is 0 Å². The Balaban J connectivity index is 2.05. The highest BCUT2D eigenvalue weighted by atomic mass is 19.4. The van der Waals surface area contributed by atoms with Gasteiger partial charge in [0.2, 0.25) is 0 Å². The van der Waals surface area contributed by atoms with Crippen molar-refractivity contribution < 1.29 is 22.7 Å². The summed E-state index contributed by atoms with van der Waals surface area (Å²) in [5.41, 5.74) is 7.16. The predicted molar refractivity (Wildman–Crippen MR) is 71.9 cm³/mol. The lowest BCUT2D eigenvalue weighted by molar-refractivity contribution is -0.187. The highest BCUT2D eigenvalue weighted by molar-refractivity contribution is 5.82. The van der Waals surface area contributed by atoms with Gasteiger partial charge in [0.25, 0.3) is 0 Å². The van der Waals surface area contributed by atoms with Crippen LogP contribution in [0.15, 0.2) is 18.2 Å². The van der Waals surface area contributed by atoms with Gasteiger partial charge in [0.1, 0.15) is 11.9 Å². The molecule has 1 atom stereocenters. The summed E-state index contributed by atoms with van der Waals surface area (Å²) >= 11 is 0. The Morgan fingerprint density at radius 1 is 1.43 bits per heavy atom. The molecule has 0 radical (unpaired) electrons. The largest absolute Gasteiger partial charge is 0.486 e. The number of anilines is 1. The quantitative estimate of drug-likeness (QED) is 0.854. The molecule has 0 spiro atoms. The number of rotatable bonds is 2. The molecule has 4 nitrogen and oxygen atoms in total. The van der Waals surface area contributed by atoms with E-state index in [1.807, 2.05) is 13.0 Å². The van der Waals surface area contributed by atoms with E-state index in [-0.39, 0.29) is 13.1 Å². The summed E-state index contributed by atoms with van der Waals surface area (Å²) in [5.74, 6) is -1.37. The predicted octanol–water partition coefficient (Wildman–Crippen LogP) is 2.51. The highest BCUT2D eigenvalue weighted by Crippen LogP contribution is 2.27. The van der Waals surface area contributed by atoms with Crippen molar-refractivity contribution >= 4 is 11.6 Å². The van der Waals surface area contributed by atoms with E-state index in [0.717, 1.165) is 10.5 Å². The number of amides is 1. The summed E-state index contributed by atoms with van der Waals surface area (Å²) in [6.45, 7) is 1.89. The number of piperidine rings is 1. The molecule has 1 amide bonds. The van der Waals surface area contributed by atoms with Crippen molar-refractivity contribution in [2.75, 3.05) is 18.8 Å². The van der Waals surface area contributed by atoms with Gasteiger partial charge in [-0.05, 0) is 37.5 Å². The number of ether oxygens (including phenoxy) is 1. The van der Waals surface area contributed by atoms with Crippen molar-refractivity contribution in [1.29, 1.82) is 0 Å².